The average Bonchev–Trinajstić information content (AvgIpc) is 2.75. The van der Waals surface area contributed by atoms with Crippen LogP contribution in [0.25, 0.3) is 0 Å². The van der Waals surface area contributed by atoms with E-state index in [1.165, 1.54) is 0 Å². The fraction of sp³-hybridized carbons (Fsp3) is 0.700. The fourth-order valence-corrected chi connectivity index (χ4v) is 1.62. The quantitative estimate of drug-likeness (QED) is 0.495. The summed E-state index contributed by atoms with van der Waals surface area (Å²) >= 11 is 0. The first-order valence-electron chi connectivity index (χ1n) is 5.55. The number of carboxylic acid groups (broad SMARTS) is 1. The maximum Gasteiger partial charge on any atom is 1.00 e. The van der Waals surface area contributed by atoms with Crippen molar-refractivity contribution in [1.29, 1.82) is 0 Å². The molecule has 2 heterocycles. The molecule has 0 saturated carbocycles. The van der Waals surface area contributed by atoms with Crippen LogP contribution in [-0.4, -0.2) is 47.3 Å². The third-order valence-electron chi connectivity index (χ3n) is 2.52. The molecule has 0 spiro atoms. The molecule has 7 nitrogen and oxygen atoms in total. The monoisotopic (exact) mass is 263 g/mol. The van der Waals surface area contributed by atoms with Crippen LogP contribution in [0.1, 0.15) is 18.1 Å². The molecule has 0 aromatic carbocycles. The number of ether oxygens (including phenoxy) is 1. The molecule has 0 unspecified atom stereocenters. The Bertz CT molecular complexity index is 379. The molecule has 18 heavy (non-hydrogen) atoms. The van der Waals surface area contributed by atoms with Crippen molar-refractivity contribution in [2.45, 2.75) is 19.4 Å². The number of aromatic nitrogens is 2. The summed E-state index contributed by atoms with van der Waals surface area (Å²) in [5.41, 5.74) is 0. The van der Waals surface area contributed by atoms with Crippen LogP contribution >= 0.6 is 0 Å². The number of morpholine rings is 1. The Balaban J connectivity index is 0.00000162. The zero-order chi connectivity index (χ0) is 12.1. The van der Waals surface area contributed by atoms with Crippen molar-refractivity contribution in [3.8, 4) is 0 Å². The van der Waals surface area contributed by atoms with E-state index in [1.54, 1.807) is 0 Å². The second-order valence-corrected chi connectivity index (χ2v) is 3.86. The van der Waals surface area contributed by atoms with Crippen LogP contribution in [0.4, 0.5) is 0 Å². The van der Waals surface area contributed by atoms with E-state index in [4.69, 9.17) is 9.26 Å². The minimum atomic E-state index is -1.11. The summed E-state index contributed by atoms with van der Waals surface area (Å²) in [5.74, 6) is -0.185. The van der Waals surface area contributed by atoms with E-state index < -0.39 is 5.97 Å². The van der Waals surface area contributed by atoms with Crippen molar-refractivity contribution >= 4 is 5.97 Å². The van der Waals surface area contributed by atoms with Crippen LogP contribution < -0.4 is 34.7 Å². The van der Waals surface area contributed by atoms with Gasteiger partial charge in [-0.05, 0) is 6.42 Å². The number of hydrogen-bond donors (Lipinski definition) is 0. The van der Waals surface area contributed by atoms with Gasteiger partial charge in [-0.15, -0.1) is 0 Å². The molecule has 2 rings (SSSR count). The second-order valence-electron chi connectivity index (χ2n) is 3.86. The Morgan fingerprint density at radius 1 is 1.39 bits per heavy atom. The molecular weight excluding hydrogens is 249 g/mol. The second kappa shape index (κ2) is 7.85. The van der Waals surface area contributed by atoms with Gasteiger partial charge >= 0.3 is 29.6 Å². The van der Waals surface area contributed by atoms with Crippen molar-refractivity contribution in [2.75, 3.05) is 26.3 Å². The molecule has 0 amide bonds. The molecule has 1 aliphatic rings. The number of aryl methyl sites for hydroxylation is 1. The first-order valence-corrected chi connectivity index (χ1v) is 5.55. The van der Waals surface area contributed by atoms with Crippen molar-refractivity contribution in [2.24, 2.45) is 0 Å². The smallest absolute Gasteiger partial charge is 0.550 e. The maximum absolute atomic E-state index is 10.3. The molecule has 1 saturated heterocycles. The fourth-order valence-electron chi connectivity index (χ4n) is 1.62. The van der Waals surface area contributed by atoms with E-state index >= 15 is 0 Å². The minimum Gasteiger partial charge on any atom is -0.550 e. The van der Waals surface area contributed by atoms with Crippen LogP contribution in [0, 0.1) is 0 Å². The van der Waals surface area contributed by atoms with E-state index in [9.17, 15) is 9.90 Å². The maximum atomic E-state index is 10.3. The zero-order valence-electron chi connectivity index (χ0n) is 10.4. The predicted molar refractivity (Wildman–Crippen MR) is 53.7 cm³/mol. The first-order chi connectivity index (χ1) is 8.24. The number of carbonyl (C=O) groups is 1. The topological polar surface area (TPSA) is 91.5 Å². The molecule has 1 aromatic rings. The Morgan fingerprint density at radius 2 is 2.11 bits per heavy atom. The van der Waals surface area contributed by atoms with Gasteiger partial charge < -0.3 is 19.2 Å². The molecule has 8 heteroatoms. The number of carboxylic acids is 1. The van der Waals surface area contributed by atoms with Gasteiger partial charge in [0, 0.05) is 25.5 Å². The van der Waals surface area contributed by atoms with Gasteiger partial charge in [0.25, 0.3) is 0 Å². The standard InChI is InChI=1S/C10H15N3O4.Na/c14-10(15)2-1-9-11-8(12-17-9)7-13-3-5-16-6-4-13;/h1-7H2,(H,14,15);/q;+1/p-1. The molecule has 1 aromatic heterocycles. The Morgan fingerprint density at radius 3 is 2.78 bits per heavy atom. The Kier molecular flexibility index (Phi) is 6.80. The summed E-state index contributed by atoms with van der Waals surface area (Å²) in [6, 6.07) is 0. The number of aliphatic carboxylic acids is 1. The van der Waals surface area contributed by atoms with Crippen molar-refractivity contribution in [3.63, 3.8) is 0 Å². The molecule has 94 valence electrons. The number of hydrogen-bond acceptors (Lipinski definition) is 7. The average molecular weight is 263 g/mol. The molecule has 0 bridgehead atoms. The molecule has 1 fully saturated rings. The number of carbonyl (C=O) groups excluding carboxylic acids is 1. The summed E-state index contributed by atoms with van der Waals surface area (Å²) in [6.45, 7) is 3.74. The van der Waals surface area contributed by atoms with Crippen molar-refractivity contribution < 1.29 is 48.7 Å². The Hall–Kier alpha value is -0.470. The van der Waals surface area contributed by atoms with Gasteiger partial charge in [0.2, 0.25) is 5.89 Å². The van der Waals surface area contributed by atoms with E-state index in [-0.39, 0.29) is 42.4 Å². The Labute approximate surface area is 127 Å². The molecule has 0 atom stereocenters. The van der Waals surface area contributed by atoms with Gasteiger partial charge in [0.15, 0.2) is 5.82 Å². The van der Waals surface area contributed by atoms with Crippen LogP contribution in [0.3, 0.4) is 0 Å². The van der Waals surface area contributed by atoms with E-state index in [2.05, 4.69) is 15.0 Å². The van der Waals surface area contributed by atoms with Crippen molar-refractivity contribution in [1.82, 2.24) is 15.0 Å². The summed E-state index contributed by atoms with van der Waals surface area (Å²) in [6.07, 6.45) is 0.123. The van der Waals surface area contributed by atoms with Gasteiger partial charge in [0.1, 0.15) is 0 Å². The molecule has 0 radical (unpaired) electrons. The minimum absolute atomic E-state index is 0. The predicted octanol–water partition coefficient (Wildman–Crippen LogP) is -4.41. The largest absolute Gasteiger partial charge is 1.00 e. The normalized spacial score (nSPS) is 16.2. The number of nitrogens with zero attached hydrogens (tertiary/aromatic N) is 3. The van der Waals surface area contributed by atoms with Gasteiger partial charge in [0.05, 0.1) is 19.8 Å². The molecule has 0 N–H and O–H groups in total. The zero-order valence-corrected chi connectivity index (χ0v) is 12.4. The van der Waals surface area contributed by atoms with Crippen LogP contribution in [0.15, 0.2) is 4.52 Å². The summed E-state index contributed by atoms with van der Waals surface area (Å²) in [4.78, 5) is 16.6. The SMILES string of the molecule is O=C([O-])CCc1nc(CN2CCOCC2)no1.[Na+]. The summed E-state index contributed by atoms with van der Waals surface area (Å²) < 4.78 is 10.2. The van der Waals surface area contributed by atoms with Crippen LogP contribution in [0.2, 0.25) is 0 Å². The van der Waals surface area contributed by atoms with E-state index in [1.807, 2.05) is 0 Å². The van der Waals surface area contributed by atoms with E-state index in [0.29, 0.717) is 18.3 Å². The van der Waals surface area contributed by atoms with Gasteiger partial charge in [-0.3, -0.25) is 4.90 Å². The molecular formula is C10H14N3NaO4. The van der Waals surface area contributed by atoms with Gasteiger partial charge in [-0.25, -0.2) is 0 Å². The van der Waals surface area contributed by atoms with E-state index in [0.717, 1.165) is 26.3 Å². The summed E-state index contributed by atoms with van der Waals surface area (Å²) in [7, 11) is 0. The van der Waals surface area contributed by atoms with Gasteiger partial charge in [-0.2, -0.15) is 4.98 Å². The first kappa shape index (κ1) is 15.6. The molecule has 1 aliphatic heterocycles. The van der Waals surface area contributed by atoms with Crippen LogP contribution in [0.5, 0.6) is 0 Å². The summed E-state index contributed by atoms with van der Waals surface area (Å²) in [5, 5.41) is 14.1. The third kappa shape index (κ3) is 5.03. The van der Waals surface area contributed by atoms with Gasteiger partial charge in [-0.1, -0.05) is 5.16 Å². The van der Waals surface area contributed by atoms with Crippen molar-refractivity contribution in [3.05, 3.63) is 11.7 Å². The molecule has 0 aliphatic carbocycles. The number of rotatable bonds is 5. The van der Waals surface area contributed by atoms with Crippen LogP contribution in [-0.2, 0) is 22.5 Å². The third-order valence-corrected chi connectivity index (χ3v) is 2.52.